The molecular weight excluding hydrogens is 500 g/mol. The second kappa shape index (κ2) is 11.5. The van der Waals surface area contributed by atoms with E-state index in [1.165, 1.54) is 0 Å². The van der Waals surface area contributed by atoms with Crippen molar-refractivity contribution in [2.75, 3.05) is 0 Å². The Balaban J connectivity index is 1.96. The molecule has 4 bridgehead atoms. The summed E-state index contributed by atoms with van der Waals surface area (Å²) >= 11 is 0. The first-order valence-corrected chi connectivity index (χ1v) is 13.7. The van der Waals surface area contributed by atoms with Crippen LogP contribution in [-0.4, -0.2) is 28.3 Å². The maximum Gasteiger partial charge on any atom is 0.303 e. The van der Waals surface area contributed by atoms with Crippen molar-refractivity contribution in [2.24, 2.45) is 33.3 Å². The third-order valence-electron chi connectivity index (χ3n) is 8.28. The highest BCUT2D eigenvalue weighted by atomic mass is 16.4. The van der Waals surface area contributed by atoms with Gasteiger partial charge in [0.15, 0.2) is 5.78 Å². The Bertz CT molecular complexity index is 1520. The molecule has 1 aliphatic carbocycles. The molecule has 7 heteroatoms. The van der Waals surface area contributed by atoms with Crippen LogP contribution in [-0.2, 0) is 9.59 Å². The molecule has 4 rings (SSSR count). The number of allylic oxidation sites excluding steroid dienone is 13. The van der Waals surface area contributed by atoms with Crippen LogP contribution in [0.3, 0.4) is 0 Å². The zero-order valence-electron chi connectivity index (χ0n) is 24.0. The first-order valence-electron chi connectivity index (χ1n) is 13.7. The molecule has 0 aromatic rings. The van der Waals surface area contributed by atoms with Gasteiger partial charge in [-0.05, 0) is 80.1 Å². The number of hydrogen-bond donors (Lipinski definition) is 3. The van der Waals surface area contributed by atoms with Gasteiger partial charge >= 0.3 is 5.97 Å². The molecule has 208 valence electrons. The summed E-state index contributed by atoms with van der Waals surface area (Å²) in [6.45, 7) is 14.0. The number of aliphatic imine (C=N–C) groups is 2. The predicted molar refractivity (Wildman–Crippen MR) is 161 cm³/mol. The maximum absolute atomic E-state index is 13.1. The summed E-state index contributed by atoms with van der Waals surface area (Å²) in [5, 5.41) is 9.44. The van der Waals surface area contributed by atoms with Gasteiger partial charge in [-0.2, -0.15) is 0 Å². The molecule has 2 unspecified atom stereocenters. The minimum absolute atomic E-state index is 0.0112. The van der Waals surface area contributed by atoms with E-state index in [0.717, 1.165) is 45.7 Å². The number of carbonyl (C=O) groups excluding carboxylic acids is 1. The van der Waals surface area contributed by atoms with Crippen molar-refractivity contribution < 1.29 is 14.7 Å². The van der Waals surface area contributed by atoms with Gasteiger partial charge in [-0.15, -0.1) is 0 Å². The Kier molecular flexibility index (Phi) is 8.24. The van der Waals surface area contributed by atoms with Gasteiger partial charge in [0.2, 0.25) is 0 Å². The Morgan fingerprint density at radius 1 is 1.12 bits per heavy atom. The number of fused-ring (bicyclic) bond motifs is 2. The summed E-state index contributed by atoms with van der Waals surface area (Å²) in [6, 6.07) is 0. The highest BCUT2D eigenvalue weighted by Crippen LogP contribution is 2.40. The lowest BCUT2D eigenvalue weighted by atomic mass is 9.84. The summed E-state index contributed by atoms with van der Waals surface area (Å²) in [5.74, 6) is -1.31. The molecule has 2 atom stereocenters. The number of hydrogen-bond acceptors (Lipinski definition) is 6. The molecule has 0 radical (unpaired) electrons. The van der Waals surface area contributed by atoms with E-state index in [0.29, 0.717) is 40.4 Å². The highest BCUT2D eigenvalue weighted by molar-refractivity contribution is 6.38. The first-order chi connectivity index (χ1) is 19.0. The van der Waals surface area contributed by atoms with Crippen LogP contribution in [0.15, 0.2) is 115 Å². The van der Waals surface area contributed by atoms with Crippen molar-refractivity contribution in [2.45, 2.75) is 60.3 Å². The second-order valence-corrected chi connectivity index (χ2v) is 10.7. The SMILES string of the molecule is C=CC1=C(C)C2=NC\1=C/C(N)=C(C)/C(CC)=C/C=C1N=C3C(=C\1C)C(=O)C/C3=C(/N)C(CCC(=O)O)C(C)/C=C/2. The van der Waals surface area contributed by atoms with E-state index in [1.54, 1.807) is 6.08 Å². The molecule has 0 spiro atoms. The third kappa shape index (κ3) is 5.28. The zero-order chi connectivity index (χ0) is 29.3. The molecule has 0 saturated heterocycles. The third-order valence-corrected chi connectivity index (χ3v) is 8.28. The lowest BCUT2D eigenvalue weighted by Gasteiger charge is -2.23. The fourth-order valence-corrected chi connectivity index (χ4v) is 5.70. The maximum atomic E-state index is 13.1. The van der Waals surface area contributed by atoms with Gasteiger partial charge in [-0.1, -0.05) is 38.7 Å². The average molecular weight is 539 g/mol. The standard InChI is InChI=1S/C33H38N4O3/c1-7-21-10-13-27-20(6)31-29(38)15-24(33(31)37-27)32(35)23(11-14-30(39)40)17(3)9-12-26-19(5)22(8-2)28(36-26)16-25(34)18(21)4/h8-10,12-13,16-17,23H,2,7,11,14-15,34-35H2,1,3-6H3,(H,39,40)/b12-9+,21-10+,25-18-,27-13-,28-16-,32-24-. The number of carbonyl (C=O) groups is 2. The van der Waals surface area contributed by atoms with Crippen molar-refractivity contribution in [1.82, 2.24) is 0 Å². The van der Waals surface area contributed by atoms with Gasteiger partial charge in [0.25, 0.3) is 0 Å². The smallest absolute Gasteiger partial charge is 0.303 e. The topological polar surface area (TPSA) is 131 Å². The Hall–Kier alpha value is -4.26. The Labute approximate surface area is 236 Å². The largest absolute Gasteiger partial charge is 0.481 e. The molecular formula is C33H38N4O3. The number of ketones is 1. The van der Waals surface area contributed by atoms with Crippen molar-refractivity contribution in [3.05, 3.63) is 105 Å². The zero-order valence-corrected chi connectivity index (χ0v) is 24.0. The molecule has 5 N–H and O–H groups in total. The van der Waals surface area contributed by atoms with Crippen LogP contribution >= 0.6 is 0 Å². The minimum atomic E-state index is -0.889. The van der Waals surface area contributed by atoms with E-state index in [-0.39, 0.29) is 30.5 Å². The molecule has 3 heterocycles. The van der Waals surface area contributed by atoms with Gasteiger partial charge < -0.3 is 16.6 Å². The summed E-state index contributed by atoms with van der Waals surface area (Å²) in [5.41, 5.74) is 23.4. The van der Waals surface area contributed by atoms with Crippen molar-refractivity contribution >= 4 is 23.2 Å². The summed E-state index contributed by atoms with van der Waals surface area (Å²) in [6.07, 6.45) is 12.8. The van der Waals surface area contributed by atoms with E-state index in [4.69, 9.17) is 21.5 Å². The minimum Gasteiger partial charge on any atom is -0.481 e. The second-order valence-electron chi connectivity index (χ2n) is 10.7. The quantitative estimate of drug-likeness (QED) is 0.400. The fourth-order valence-electron chi connectivity index (χ4n) is 5.70. The fraction of sp³-hybridized carbons (Fsp3) is 0.333. The predicted octanol–water partition coefficient (Wildman–Crippen LogP) is 5.92. The van der Waals surface area contributed by atoms with E-state index in [2.05, 4.69) is 13.5 Å². The van der Waals surface area contributed by atoms with Crippen LogP contribution in [0.1, 0.15) is 60.3 Å². The number of nitrogens with zero attached hydrogens (tertiary/aromatic N) is 2. The van der Waals surface area contributed by atoms with Crippen LogP contribution in [0.5, 0.6) is 0 Å². The lowest BCUT2D eigenvalue weighted by molar-refractivity contribution is -0.137. The number of nitrogens with two attached hydrogens (primary N) is 2. The Morgan fingerprint density at radius 2 is 1.85 bits per heavy atom. The molecule has 4 aliphatic rings. The highest BCUT2D eigenvalue weighted by Gasteiger charge is 2.38. The normalized spacial score (nSPS) is 31.9. The van der Waals surface area contributed by atoms with E-state index in [9.17, 15) is 14.7 Å². The summed E-state index contributed by atoms with van der Waals surface area (Å²) in [4.78, 5) is 34.4. The molecule has 1 saturated carbocycles. The number of carboxylic acid groups (broad SMARTS) is 1. The van der Waals surface area contributed by atoms with Gasteiger partial charge in [-0.3, -0.25) is 9.59 Å². The monoisotopic (exact) mass is 538 g/mol. The average Bonchev–Trinajstić information content (AvgIpc) is 3.52. The van der Waals surface area contributed by atoms with Crippen molar-refractivity contribution in [3.8, 4) is 0 Å². The first kappa shape index (κ1) is 28.7. The van der Waals surface area contributed by atoms with Gasteiger partial charge in [0, 0.05) is 46.9 Å². The van der Waals surface area contributed by atoms with Crippen LogP contribution in [0, 0.1) is 11.8 Å². The summed E-state index contributed by atoms with van der Waals surface area (Å²) < 4.78 is 0. The molecule has 1 fully saturated rings. The molecule has 0 aromatic heterocycles. The number of rotatable bonds is 5. The summed E-state index contributed by atoms with van der Waals surface area (Å²) in [7, 11) is 0. The Morgan fingerprint density at radius 3 is 2.50 bits per heavy atom. The molecule has 40 heavy (non-hydrogen) atoms. The van der Waals surface area contributed by atoms with Crippen molar-refractivity contribution in [3.63, 3.8) is 0 Å². The van der Waals surface area contributed by atoms with Gasteiger partial charge in [0.1, 0.15) is 0 Å². The molecule has 3 aliphatic heterocycles. The number of carboxylic acids is 1. The number of Topliss-reactive ketones (excluding diaryl/α,β-unsaturated/α-hetero) is 1. The molecule has 7 nitrogen and oxygen atoms in total. The van der Waals surface area contributed by atoms with Crippen molar-refractivity contribution in [1.29, 1.82) is 0 Å². The van der Waals surface area contributed by atoms with E-state index >= 15 is 0 Å². The van der Waals surface area contributed by atoms with E-state index < -0.39 is 5.97 Å². The van der Waals surface area contributed by atoms with Gasteiger partial charge in [-0.25, -0.2) is 9.98 Å². The number of aliphatic carboxylic acids is 1. The molecule has 0 aromatic carbocycles. The van der Waals surface area contributed by atoms with E-state index in [1.807, 2.05) is 58.1 Å². The van der Waals surface area contributed by atoms with Gasteiger partial charge in [0.05, 0.1) is 22.8 Å². The van der Waals surface area contributed by atoms with Crippen LogP contribution in [0.2, 0.25) is 0 Å². The van der Waals surface area contributed by atoms with Crippen LogP contribution in [0.4, 0.5) is 0 Å². The van der Waals surface area contributed by atoms with Crippen LogP contribution in [0.25, 0.3) is 0 Å². The lowest BCUT2D eigenvalue weighted by Crippen LogP contribution is -2.23. The molecule has 0 amide bonds. The van der Waals surface area contributed by atoms with Crippen LogP contribution < -0.4 is 11.5 Å².